The van der Waals surface area contributed by atoms with E-state index in [1.165, 1.54) is 50.6 Å². The predicted octanol–water partition coefficient (Wildman–Crippen LogP) is -1.36. The molecule has 0 saturated heterocycles. The molecule has 0 fully saturated rings. The van der Waals surface area contributed by atoms with Crippen molar-refractivity contribution >= 4 is 26.5 Å². The maximum absolute atomic E-state index is 2.59. The summed E-state index contributed by atoms with van der Waals surface area (Å²) in [5.41, 5.74) is 6.61. The average Bonchev–Trinajstić information content (AvgIpc) is 3.09. The quantitative estimate of drug-likeness (QED) is 0.351. The number of halogens is 2. The first kappa shape index (κ1) is 25.6. The van der Waals surface area contributed by atoms with E-state index in [-0.39, 0.29) is 51.0 Å². The third-order valence-corrected chi connectivity index (χ3v) is 13.8. The van der Waals surface area contributed by atoms with Crippen LogP contribution < -0.4 is 35.2 Å². The SMILES string of the molecule is C[Si]1(C)CCCc2[cH-]c(CCc3cc4c([cH-]3)CCC[Si]4(C)C)cc21.[Cl-].[Cl-].[Zr+4]. The Kier molecular flexibility index (Phi) is 9.12. The molecule has 2 heterocycles. The zero-order valence-corrected chi connectivity index (χ0v) is 23.2. The summed E-state index contributed by atoms with van der Waals surface area (Å²) in [7, 11) is -2.24. The van der Waals surface area contributed by atoms with E-state index in [0.717, 1.165) is 0 Å². The number of aryl methyl sites for hydroxylation is 4. The topological polar surface area (TPSA) is 0 Å². The molecule has 0 aliphatic carbocycles. The summed E-state index contributed by atoms with van der Waals surface area (Å²) in [4.78, 5) is 0. The van der Waals surface area contributed by atoms with Crippen molar-refractivity contribution in [1.29, 1.82) is 0 Å². The van der Waals surface area contributed by atoms with Crippen LogP contribution in [0.4, 0.5) is 0 Å². The van der Waals surface area contributed by atoms with E-state index >= 15 is 0 Å². The maximum atomic E-state index is 2.59. The summed E-state index contributed by atoms with van der Waals surface area (Å²) >= 11 is 0. The van der Waals surface area contributed by atoms with Gasteiger partial charge in [-0.3, -0.25) is 0 Å². The molecule has 2 aliphatic rings. The van der Waals surface area contributed by atoms with Crippen molar-refractivity contribution in [2.24, 2.45) is 0 Å². The normalized spacial score (nSPS) is 19.0. The fraction of sp³-hybridized carbons (Fsp3) is 0.545. The first-order valence-electron chi connectivity index (χ1n) is 9.93. The van der Waals surface area contributed by atoms with E-state index in [1.807, 2.05) is 0 Å². The molecule has 0 aromatic heterocycles. The van der Waals surface area contributed by atoms with E-state index in [0.29, 0.717) is 0 Å². The Morgan fingerprint density at radius 2 is 1.11 bits per heavy atom. The van der Waals surface area contributed by atoms with Crippen LogP contribution in [0.2, 0.25) is 38.3 Å². The van der Waals surface area contributed by atoms with Gasteiger partial charge in [-0.15, -0.1) is 0 Å². The molecule has 0 spiro atoms. The van der Waals surface area contributed by atoms with E-state index < -0.39 is 16.1 Å². The van der Waals surface area contributed by atoms with Gasteiger partial charge in [-0.2, -0.15) is 44.8 Å². The van der Waals surface area contributed by atoms with Crippen LogP contribution in [0.1, 0.15) is 35.1 Å². The zero-order valence-electron chi connectivity index (χ0n) is 17.2. The second-order valence-corrected chi connectivity index (χ2v) is 19.2. The fourth-order valence-corrected chi connectivity index (χ4v) is 11.1. The van der Waals surface area contributed by atoms with Gasteiger partial charge < -0.3 is 24.8 Å². The van der Waals surface area contributed by atoms with Gasteiger partial charge in [-0.05, 0) is 12.8 Å². The van der Waals surface area contributed by atoms with Crippen LogP contribution in [0.5, 0.6) is 0 Å². The van der Waals surface area contributed by atoms with Crippen LogP contribution in [0.25, 0.3) is 0 Å². The molecule has 0 amide bonds. The van der Waals surface area contributed by atoms with E-state index in [2.05, 4.69) is 50.5 Å². The Labute approximate surface area is 199 Å². The molecule has 2 aromatic rings. The summed E-state index contributed by atoms with van der Waals surface area (Å²) in [5.74, 6) is 0. The molecule has 5 heteroatoms. The van der Waals surface area contributed by atoms with Gasteiger partial charge in [0, 0.05) is 16.1 Å². The molecule has 0 radical (unpaired) electrons. The molecule has 0 bridgehead atoms. The Bertz CT molecular complexity index is 694. The van der Waals surface area contributed by atoms with Gasteiger partial charge >= 0.3 is 26.2 Å². The summed E-state index contributed by atoms with van der Waals surface area (Å²) in [6.45, 7) is 10.2. The number of hydrogen-bond donors (Lipinski definition) is 0. The van der Waals surface area contributed by atoms with Gasteiger partial charge in [-0.1, -0.05) is 64.0 Å². The summed E-state index contributed by atoms with van der Waals surface area (Å²) in [6.07, 6.45) is 7.98. The monoisotopic (exact) mass is 512 g/mol. The summed E-state index contributed by atoms with van der Waals surface area (Å²) < 4.78 is 0. The molecular weight excluding hydrogens is 483 g/mol. The first-order valence-corrected chi connectivity index (χ1v) is 16.3. The zero-order chi connectivity index (χ0) is 16.9. The Hall–Kier alpha value is 0.597. The van der Waals surface area contributed by atoms with Gasteiger partial charge in [0.1, 0.15) is 0 Å². The summed E-state index contributed by atoms with van der Waals surface area (Å²) in [5, 5.41) is 3.55. The first-order chi connectivity index (χ1) is 11.4. The van der Waals surface area contributed by atoms with Gasteiger partial charge in [-0.25, -0.2) is 12.1 Å². The van der Waals surface area contributed by atoms with Crippen molar-refractivity contribution in [3.05, 3.63) is 46.5 Å². The maximum Gasteiger partial charge on any atom is 4.00 e. The van der Waals surface area contributed by atoms with Crippen LogP contribution in [0.15, 0.2) is 24.3 Å². The Morgan fingerprint density at radius 1 is 0.741 bits per heavy atom. The summed E-state index contributed by atoms with van der Waals surface area (Å²) in [6, 6.07) is 13.2. The fourth-order valence-electron chi connectivity index (χ4n) is 5.20. The van der Waals surface area contributed by atoms with Crippen LogP contribution in [0, 0.1) is 0 Å². The standard InChI is InChI=1S/C22H32Si2.2ClH.Zr/c1-23(2)11-5-7-19-13-17(15-21(19)23)9-10-18-14-20-8-6-12-24(3,4)22(20)16-18;;;/h13-16H,5-12H2,1-4H3;2*1H;/q-2;;;+4/p-2. The third kappa shape index (κ3) is 5.21. The van der Waals surface area contributed by atoms with Crippen LogP contribution >= 0.6 is 0 Å². The van der Waals surface area contributed by atoms with E-state index in [4.69, 9.17) is 0 Å². The van der Waals surface area contributed by atoms with Crippen molar-refractivity contribution in [2.75, 3.05) is 0 Å². The number of rotatable bonds is 3. The second-order valence-electron chi connectivity index (χ2n) is 9.58. The van der Waals surface area contributed by atoms with Gasteiger partial charge in [0.05, 0.1) is 0 Å². The minimum atomic E-state index is -1.12. The van der Waals surface area contributed by atoms with Crippen molar-refractivity contribution < 1.29 is 51.0 Å². The second kappa shape index (κ2) is 9.60. The molecule has 0 nitrogen and oxygen atoms in total. The smallest absolute Gasteiger partial charge is 1.00 e. The Balaban J connectivity index is 0.00000121. The number of hydrogen-bond acceptors (Lipinski definition) is 0. The largest absolute Gasteiger partial charge is 4.00 e. The van der Waals surface area contributed by atoms with E-state index in [1.54, 1.807) is 32.6 Å². The predicted molar refractivity (Wildman–Crippen MR) is 112 cm³/mol. The van der Waals surface area contributed by atoms with E-state index in [9.17, 15) is 0 Å². The molecule has 2 aliphatic heterocycles. The van der Waals surface area contributed by atoms with Gasteiger partial charge in [0.2, 0.25) is 0 Å². The molecule has 146 valence electrons. The molecule has 0 unspecified atom stereocenters. The van der Waals surface area contributed by atoms with Gasteiger partial charge in [0.25, 0.3) is 0 Å². The van der Waals surface area contributed by atoms with Crippen LogP contribution in [0.3, 0.4) is 0 Å². The average molecular weight is 515 g/mol. The van der Waals surface area contributed by atoms with Crippen molar-refractivity contribution in [1.82, 2.24) is 0 Å². The molecule has 0 N–H and O–H groups in total. The molecule has 4 rings (SSSR count). The van der Waals surface area contributed by atoms with Gasteiger partial charge in [0.15, 0.2) is 0 Å². The molecule has 0 atom stereocenters. The minimum absolute atomic E-state index is 0. The third-order valence-electron chi connectivity index (χ3n) is 6.73. The van der Waals surface area contributed by atoms with Crippen molar-refractivity contribution in [2.45, 2.75) is 76.8 Å². The van der Waals surface area contributed by atoms with Crippen LogP contribution in [-0.4, -0.2) is 16.1 Å². The van der Waals surface area contributed by atoms with Crippen molar-refractivity contribution in [3.63, 3.8) is 0 Å². The Morgan fingerprint density at radius 3 is 1.44 bits per heavy atom. The minimum Gasteiger partial charge on any atom is -1.00 e. The molecule has 0 saturated carbocycles. The molecule has 27 heavy (non-hydrogen) atoms. The molecular formula is C22H32Cl2Si2Zr. The van der Waals surface area contributed by atoms with Crippen molar-refractivity contribution in [3.8, 4) is 0 Å². The number of fused-ring (bicyclic) bond motifs is 2. The molecule has 2 aromatic carbocycles. The van der Waals surface area contributed by atoms with Crippen LogP contribution in [-0.2, 0) is 51.9 Å².